The summed E-state index contributed by atoms with van der Waals surface area (Å²) in [5, 5.41) is 12.5. The Morgan fingerprint density at radius 3 is 2.64 bits per heavy atom. The van der Waals surface area contributed by atoms with Crippen LogP contribution in [-0.4, -0.2) is 26.1 Å². The standard InChI is InChI=1S/C8H10N4OS/c1-8(2,3)6-9-10-7-12(6)11-5(4-13)14-7/h4H,1-3H3. The minimum atomic E-state index is -0.117. The Morgan fingerprint density at radius 1 is 1.36 bits per heavy atom. The van der Waals surface area contributed by atoms with E-state index in [2.05, 4.69) is 15.3 Å². The van der Waals surface area contributed by atoms with Crippen molar-refractivity contribution < 1.29 is 4.79 Å². The van der Waals surface area contributed by atoms with Crippen LogP contribution in [0, 0.1) is 0 Å². The summed E-state index contributed by atoms with van der Waals surface area (Å²) < 4.78 is 1.63. The van der Waals surface area contributed by atoms with Crippen LogP contribution in [0.4, 0.5) is 0 Å². The van der Waals surface area contributed by atoms with E-state index < -0.39 is 0 Å². The first-order valence-corrected chi connectivity index (χ1v) is 5.02. The van der Waals surface area contributed by atoms with Gasteiger partial charge in [-0.15, -0.1) is 15.3 Å². The minimum absolute atomic E-state index is 0.117. The second-order valence-corrected chi connectivity index (χ2v) is 5.01. The quantitative estimate of drug-likeness (QED) is 0.665. The average molecular weight is 210 g/mol. The molecule has 2 aromatic rings. The highest BCUT2D eigenvalue weighted by molar-refractivity contribution is 7.18. The van der Waals surface area contributed by atoms with Gasteiger partial charge in [-0.25, -0.2) is 0 Å². The molecular weight excluding hydrogens is 200 g/mol. The van der Waals surface area contributed by atoms with E-state index in [4.69, 9.17) is 0 Å². The van der Waals surface area contributed by atoms with Crippen LogP contribution < -0.4 is 0 Å². The van der Waals surface area contributed by atoms with E-state index in [0.29, 0.717) is 9.97 Å². The molecule has 0 radical (unpaired) electrons. The SMILES string of the molecule is CC(C)(C)c1nnc2sc(C=O)nn12. The van der Waals surface area contributed by atoms with Crippen molar-refractivity contribution in [3.05, 3.63) is 10.8 Å². The fourth-order valence-corrected chi connectivity index (χ4v) is 1.80. The Morgan fingerprint density at radius 2 is 2.07 bits per heavy atom. The summed E-state index contributed by atoms with van der Waals surface area (Å²) in [4.78, 5) is 11.2. The Hall–Kier alpha value is -1.30. The summed E-state index contributed by atoms with van der Waals surface area (Å²) >= 11 is 1.24. The largest absolute Gasteiger partial charge is 0.295 e. The van der Waals surface area contributed by atoms with Crippen LogP contribution in [0.3, 0.4) is 0 Å². The lowest BCUT2D eigenvalue weighted by Crippen LogP contribution is -2.16. The third-order valence-electron chi connectivity index (χ3n) is 1.78. The normalized spacial score (nSPS) is 12.2. The average Bonchev–Trinajstić information content (AvgIpc) is 2.57. The maximum atomic E-state index is 10.5. The zero-order valence-corrected chi connectivity index (χ0v) is 9.00. The maximum Gasteiger partial charge on any atom is 0.235 e. The molecule has 0 bridgehead atoms. The zero-order chi connectivity index (χ0) is 10.3. The molecule has 14 heavy (non-hydrogen) atoms. The van der Waals surface area contributed by atoms with Crippen molar-refractivity contribution in [2.45, 2.75) is 26.2 Å². The summed E-state index contributed by atoms with van der Waals surface area (Å²) in [7, 11) is 0. The molecule has 5 nitrogen and oxygen atoms in total. The molecule has 0 aliphatic rings. The molecule has 0 amide bonds. The number of aldehydes is 1. The molecule has 0 saturated heterocycles. The lowest BCUT2D eigenvalue weighted by atomic mass is 9.96. The van der Waals surface area contributed by atoms with E-state index in [1.54, 1.807) is 4.52 Å². The van der Waals surface area contributed by atoms with Crippen LogP contribution in [-0.2, 0) is 5.41 Å². The predicted molar refractivity (Wildman–Crippen MR) is 52.7 cm³/mol. The van der Waals surface area contributed by atoms with Crippen molar-refractivity contribution in [3.8, 4) is 0 Å². The summed E-state index contributed by atoms with van der Waals surface area (Å²) in [6.45, 7) is 6.09. The van der Waals surface area contributed by atoms with Gasteiger partial charge in [-0.2, -0.15) is 4.52 Å². The Kier molecular flexibility index (Phi) is 1.88. The maximum absolute atomic E-state index is 10.5. The van der Waals surface area contributed by atoms with E-state index >= 15 is 0 Å². The molecule has 0 aliphatic carbocycles. The van der Waals surface area contributed by atoms with E-state index in [1.807, 2.05) is 20.8 Å². The number of rotatable bonds is 1. The van der Waals surface area contributed by atoms with E-state index in [-0.39, 0.29) is 5.41 Å². The number of hydrogen-bond donors (Lipinski definition) is 0. The first-order chi connectivity index (χ1) is 6.52. The van der Waals surface area contributed by atoms with Crippen LogP contribution in [0.25, 0.3) is 4.96 Å². The Bertz CT molecular complexity index is 479. The van der Waals surface area contributed by atoms with Crippen molar-refractivity contribution in [2.75, 3.05) is 0 Å². The molecule has 2 rings (SSSR count). The van der Waals surface area contributed by atoms with Gasteiger partial charge in [-0.05, 0) is 0 Å². The monoisotopic (exact) mass is 210 g/mol. The number of carbonyl (C=O) groups is 1. The first kappa shape index (κ1) is 9.26. The smallest absolute Gasteiger partial charge is 0.235 e. The summed E-state index contributed by atoms with van der Waals surface area (Å²) in [6, 6.07) is 0. The van der Waals surface area contributed by atoms with Crippen molar-refractivity contribution in [2.24, 2.45) is 0 Å². The van der Waals surface area contributed by atoms with Gasteiger partial charge in [0, 0.05) is 5.41 Å². The second kappa shape index (κ2) is 2.84. The van der Waals surface area contributed by atoms with Crippen LogP contribution in [0.5, 0.6) is 0 Å². The highest BCUT2D eigenvalue weighted by Crippen LogP contribution is 2.22. The highest BCUT2D eigenvalue weighted by Gasteiger charge is 2.22. The van der Waals surface area contributed by atoms with E-state index in [9.17, 15) is 4.79 Å². The highest BCUT2D eigenvalue weighted by atomic mass is 32.1. The van der Waals surface area contributed by atoms with Gasteiger partial charge in [-0.1, -0.05) is 32.1 Å². The van der Waals surface area contributed by atoms with Crippen molar-refractivity contribution in [3.63, 3.8) is 0 Å². The lowest BCUT2D eigenvalue weighted by Gasteiger charge is -2.13. The topological polar surface area (TPSA) is 60.2 Å². The fourth-order valence-electron chi connectivity index (χ4n) is 1.15. The third-order valence-corrected chi connectivity index (χ3v) is 2.60. The molecule has 0 N–H and O–H groups in total. The predicted octanol–water partition coefficient (Wildman–Crippen LogP) is 1.30. The molecular formula is C8H10N4OS. The number of nitrogens with zero attached hydrogens (tertiary/aromatic N) is 4. The molecule has 74 valence electrons. The summed E-state index contributed by atoms with van der Waals surface area (Å²) in [6.07, 6.45) is 0.728. The minimum Gasteiger partial charge on any atom is -0.295 e. The molecule has 0 atom stereocenters. The molecule has 6 heteroatoms. The molecule has 0 fully saturated rings. The van der Waals surface area contributed by atoms with E-state index in [0.717, 1.165) is 12.1 Å². The van der Waals surface area contributed by atoms with Crippen LogP contribution >= 0.6 is 11.3 Å². The van der Waals surface area contributed by atoms with Crippen molar-refractivity contribution >= 4 is 22.6 Å². The second-order valence-electron chi connectivity index (χ2n) is 4.03. The number of carbonyl (C=O) groups excluding carboxylic acids is 1. The van der Waals surface area contributed by atoms with Gasteiger partial charge in [0.2, 0.25) is 4.96 Å². The molecule has 0 aliphatic heterocycles. The van der Waals surface area contributed by atoms with Crippen LogP contribution in [0.1, 0.15) is 36.4 Å². The van der Waals surface area contributed by atoms with Crippen molar-refractivity contribution in [1.29, 1.82) is 0 Å². The summed E-state index contributed by atoms with van der Waals surface area (Å²) in [5.74, 6) is 0.775. The lowest BCUT2D eigenvalue weighted by molar-refractivity contribution is 0.112. The molecule has 0 unspecified atom stereocenters. The van der Waals surface area contributed by atoms with E-state index in [1.165, 1.54) is 11.3 Å². The molecule has 0 aromatic carbocycles. The van der Waals surface area contributed by atoms with Gasteiger partial charge in [0.1, 0.15) is 0 Å². The van der Waals surface area contributed by atoms with Crippen LogP contribution in [0.2, 0.25) is 0 Å². The third kappa shape index (κ3) is 1.31. The summed E-state index contributed by atoms with van der Waals surface area (Å²) in [5.41, 5.74) is -0.117. The number of fused-ring (bicyclic) bond motifs is 1. The van der Waals surface area contributed by atoms with Crippen molar-refractivity contribution in [1.82, 2.24) is 19.8 Å². The van der Waals surface area contributed by atoms with Gasteiger partial charge in [0.25, 0.3) is 0 Å². The molecule has 0 spiro atoms. The Balaban J connectivity index is 2.67. The van der Waals surface area contributed by atoms with Gasteiger partial charge in [0.05, 0.1) is 0 Å². The fraction of sp³-hybridized carbons (Fsp3) is 0.500. The van der Waals surface area contributed by atoms with Gasteiger partial charge >= 0.3 is 0 Å². The molecule has 2 aromatic heterocycles. The molecule has 2 heterocycles. The zero-order valence-electron chi connectivity index (χ0n) is 8.18. The van der Waals surface area contributed by atoms with Crippen LogP contribution in [0.15, 0.2) is 0 Å². The number of hydrogen-bond acceptors (Lipinski definition) is 5. The van der Waals surface area contributed by atoms with Gasteiger partial charge in [0.15, 0.2) is 17.1 Å². The molecule has 0 saturated carbocycles. The Labute approximate surface area is 84.8 Å². The van der Waals surface area contributed by atoms with Gasteiger partial charge in [-0.3, -0.25) is 4.79 Å². The van der Waals surface area contributed by atoms with Gasteiger partial charge < -0.3 is 0 Å². The number of aromatic nitrogens is 4. The first-order valence-electron chi connectivity index (χ1n) is 4.20.